The van der Waals surface area contributed by atoms with Crippen molar-refractivity contribution in [3.8, 4) is 0 Å². The number of benzene rings is 1. The molecule has 1 aliphatic rings. The van der Waals surface area contributed by atoms with Gasteiger partial charge in [0.1, 0.15) is 0 Å². The summed E-state index contributed by atoms with van der Waals surface area (Å²) in [7, 11) is 1.70. The van der Waals surface area contributed by atoms with Crippen molar-refractivity contribution in [1.29, 1.82) is 0 Å². The van der Waals surface area contributed by atoms with E-state index in [1.54, 1.807) is 30.0 Å². The summed E-state index contributed by atoms with van der Waals surface area (Å²) >= 11 is 1.74. The second-order valence-corrected chi connectivity index (χ2v) is 6.21. The molecule has 1 aromatic carbocycles. The lowest BCUT2D eigenvalue weighted by atomic mass is 10.2. The van der Waals surface area contributed by atoms with Crippen molar-refractivity contribution < 1.29 is 9.53 Å². The fourth-order valence-corrected chi connectivity index (χ4v) is 3.11. The molecule has 0 spiro atoms. The largest absolute Gasteiger partial charge is 0.380 e. The molecule has 4 nitrogen and oxygen atoms in total. The van der Waals surface area contributed by atoms with Gasteiger partial charge in [-0.15, -0.1) is 0 Å². The number of hydrogen-bond acceptors (Lipinski definition) is 4. The molecule has 1 aliphatic heterocycles. The second kappa shape index (κ2) is 12.6. The number of carbonyl (C=O) groups excluding carboxylic acids is 1. The van der Waals surface area contributed by atoms with Gasteiger partial charge < -0.3 is 9.64 Å². The summed E-state index contributed by atoms with van der Waals surface area (Å²) < 4.78 is 4.93. The quantitative estimate of drug-likeness (QED) is 0.771. The van der Waals surface area contributed by atoms with Crippen LogP contribution in [0, 0.1) is 0 Å². The van der Waals surface area contributed by atoms with Gasteiger partial charge in [-0.05, 0) is 17.7 Å². The zero-order chi connectivity index (χ0) is 17.6. The number of likely N-dealkylation sites (tertiary alicyclic amines) is 1. The Labute approximate surface area is 149 Å². The van der Waals surface area contributed by atoms with Crippen LogP contribution in [0.5, 0.6) is 0 Å². The van der Waals surface area contributed by atoms with E-state index < -0.39 is 0 Å². The average molecular weight is 346 g/mol. The van der Waals surface area contributed by atoms with Crippen LogP contribution >= 0.6 is 11.8 Å². The third kappa shape index (κ3) is 7.62. The number of hydrogen-bond donors (Lipinski definition) is 0. The molecule has 0 radical (unpaired) electrons. The van der Waals surface area contributed by atoms with Crippen LogP contribution in [-0.2, 0) is 16.1 Å². The molecule has 2 heterocycles. The van der Waals surface area contributed by atoms with Crippen LogP contribution in [0.25, 0.3) is 0 Å². The molecular weight excluding hydrogens is 320 g/mol. The summed E-state index contributed by atoms with van der Waals surface area (Å²) in [6.45, 7) is 6.41. The van der Waals surface area contributed by atoms with Crippen molar-refractivity contribution in [2.45, 2.75) is 30.7 Å². The predicted octanol–water partition coefficient (Wildman–Crippen LogP) is 3.87. The molecule has 0 unspecified atom stereocenters. The molecule has 1 fully saturated rings. The smallest absolute Gasteiger partial charge is 0.209 e. The van der Waals surface area contributed by atoms with Gasteiger partial charge in [0, 0.05) is 31.6 Å². The molecule has 0 bridgehead atoms. The van der Waals surface area contributed by atoms with E-state index in [1.165, 1.54) is 5.56 Å². The number of methoxy groups -OCH3 is 1. The van der Waals surface area contributed by atoms with Gasteiger partial charge in [0.05, 0.1) is 11.6 Å². The molecule has 5 heteroatoms. The minimum Gasteiger partial charge on any atom is -0.380 e. The van der Waals surface area contributed by atoms with Gasteiger partial charge in [-0.3, -0.25) is 4.79 Å². The van der Waals surface area contributed by atoms with Crippen molar-refractivity contribution in [3.05, 3.63) is 60.3 Å². The highest BCUT2D eigenvalue weighted by molar-refractivity contribution is 8.00. The molecule has 24 heavy (non-hydrogen) atoms. The van der Waals surface area contributed by atoms with Crippen molar-refractivity contribution in [1.82, 2.24) is 9.88 Å². The van der Waals surface area contributed by atoms with E-state index in [1.807, 2.05) is 62.4 Å². The van der Waals surface area contributed by atoms with Crippen LogP contribution in [0.15, 0.2) is 59.8 Å². The molecule has 0 N–H and O–H groups in total. The number of aromatic nitrogens is 1. The summed E-state index contributed by atoms with van der Waals surface area (Å²) in [4.78, 5) is 16.3. The molecule has 1 saturated heterocycles. The van der Waals surface area contributed by atoms with Crippen molar-refractivity contribution in [2.24, 2.45) is 0 Å². The van der Waals surface area contributed by atoms with Crippen LogP contribution in [-0.4, -0.2) is 41.7 Å². The Morgan fingerprint density at radius 3 is 2.38 bits per heavy atom. The lowest BCUT2D eigenvalue weighted by molar-refractivity contribution is -0.120. The third-order valence-electron chi connectivity index (χ3n) is 3.10. The summed E-state index contributed by atoms with van der Waals surface area (Å²) in [5.74, 6) is 0. The standard InChI is InChI=1S/C9H10N2OS.C8H10O.C2H6/c12-7-11-5-8(6-11)13-9-3-1-2-4-10-9;1-9-7-8-5-3-2-4-6-8;1-2/h1-4,7-8H,5-6H2;2-6H,7H2,1H3;1-2H3. The van der Waals surface area contributed by atoms with Crippen molar-refractivity contribution in [2.75, 3.05) is 20.2 Å². The van der Waals surface area contributed by atoms with Gasteiger partial charge in [0.15, 0.2) is 0 Å². The van der Waals surface area contributed by atoms with E-state index in [0.29, 0.717) is 11.9 Å². The van der Waals surface area contributed by atoms with Gasteiger partial charge in [-0.1, -0.05) is 62.0 Å². The first-order valence-corrected chi connectivity index (χ1v) is 8.99. The monoisotopic (exact) mass is 346 g/mol. The van der Waals surface area contributed by atoms with Gasteiger partial charge in [0.2, 0.25) is 6.41 Å². The van der Waals surface area contributed by atoms with E-state index >= 15 is 0 Å². The predicted molar refractivity (Wildman–Crippen MR) is 100 cm³/mol. The normalized spacial score (nSPS) is 12.9. The van der Waals surface area contributed by atoms with Crippen LogP contribution in [0.3, 0.4) is 0 Å². The van der Waals surface area contributed by atoms with E-state index in [0.717, 1.165) is 24.5 Å². The van der Waals surface area contributed by atoms with Crippen LogP contribution < -0.4 is 0 Å². The maximum Gasteiger partial charge on any atom is 0.209 e. The zero-order valence-corrected chi connectivity index (χ0v) is 15.4. The fraction of sp³-hybridized carbons (Fsp3) is 0.368. The van der Waals surface area contributed by atoms with Crippen molar-refractivity contribution >= 4 is 18.2 Å². The number of thioether (sulfide) groups is 1. The number of nitrogens with zero attached hydrogens (tertiary/aromatic N) is 2. The molecule has 130 valence electrons. The van der Waals surface area contributed by atoms with Gasteiger partial charge in [-0.25, -0.2) is 4.98 Å². The van der Waals surface area contributed by atoms with E-state index in [-0.39, 0.29) is 0 Å². The van der Waals surface area contributed by atoms with Crippen molar-refractivity contribution in [3.63, 3.8) is 0 Å². The highest BCUT2D eigenvalue weighted by atomic mass is 32.2. The number of amides is 1. The molecule has 3 rings (SSSR count). The maximum atomic E-state index is 10.3. The SMILES string of the molecule is CC.COCc1ccccc1.O=CN1CC(Sc2ccccn2)C1. The topological polar surface area (TPSA) is 42.4 Å². The molecule has 1 amide bonds. The average Bonchev–Trinajstić information content (AvgIpc) is 2.62. The molecule has 0 saturated carbocycles. The maximum absolute atomic E-state index is 10.3. The number of carbonyl (C=O) groups is 1. The summed E-state index contributed by atoms with van der Waals surface area (Å²) in [5, 5.41) is 1.57. The first-order chi connectivity index (χ1) is 11.8. The Hall–Kier alpha value is -1.85. The number of ether oxygens (including phenoxy) is 1. The summed E-state index contributed by atoms with van der Waals surface area (Å²) in [6.07, 6.45) is 2.69. The minimum atomic E-state index is 0.528. The van der Waals surface area contributed by atoms with E-state index in [2.05, 4.69) is 4.98 Å². The second-order valence-electron chi connectivity index (χ2n) is 4.89. The lowest BCUT2D eigenvalue weighted by Crippen LogP contribution is -2.47. The van der Waals surface area contributed by atoms with Crippen LogP contribution in [0.4, 0.5) is 0 Å². The number of pyridine rings is 1. The summed E-state index contributed by atoms with van der Waals surface area (Å²) in [6, 6.07) is 16.0. The lowest BCUT2D eigenvalue weighted by Gasteiger charge is -2.35. The Morgan fingerprint density at radius 2 is 1.83 bits per heavy atom. The van der Waals surface area contributed by atoms with Gasteiger partial charge in [0.25, 0.3) is 0 Å². The highest BCUT2D eigenvalue weighted by Crippen LogP contribution is 2.26. The highest BCUT2D eigenvalue weighted by Gasteiger charge is 2.26. The third-order valence-corrected chi connectivity index (χ3v) is 4.22. The van der Waals surface area contributed by atoms with Gasteiger partial charge >= 0.3 is 0 Å². The fourth-order valence-electron chi connectivity index (χ4n) is 1.96. The molecule has 0 atom stereocenters. The molecule has 0 aliphatic carbocycles. The molecule has 1 aromatic heterocycles. The van der Waals surface area contributed by atoms with E-state index in [9.17, 15) is 4.79 Å². The Kier molecular flexibility index (Phi) is 10.6. The van der Waals surface area contributed by atoms with E-state index in [4.69, 9.17) is 4.74 Å². The summed E-state index contributed by atoms with van der Waals surface area (Å²) in [5.41, 5.74) is 1.22. The Morgan fingerprint density at radius 1 is 1.17 bits per heavy atom. The molecular formula is C19H26N2O2S. The molecule has 2 aromatic rings. The minimum absolute atomic E-state index is 0.528. The first-order valence-electron chi connectivity index (χ1n) is 8.11. The zero-order valence-electron chi connectivity index (χ0n) is 14.6. The first kappa shape index (κ1) is 20.2. The Bertz CT molecular complexity index is 546. The Balaban J connectivity index is 0.000000230. The van der Waals surface area contributed by atoms with Gasteiger partial charge in [-0.2, -0.15) is 0 Å². The van der Waals surface area contributed by atoms with Crippen LogP contribution in [0.1, 0.15) is 19.4 Å². The van der Waals surface area contributed by atoms with Crippen LogP contribution in [0.2, 0.25) is 0 Å². The number of rotatable bonds is 5.